The highest BCUT2D eigenvalue weighted by Gasteiger charge is 2.16. The van der Waals surface area contributed by atoms with E-state index in [9.17, 15) is 9.59 Å². The SMILES string of the molecule is CC(C(=O)Nc1cnc(-n2cccn2)[nH]c1=O)c1ccccc1. The molecule has 0 saturated carbocycles. The summed E-state index contributed by atoms with van der Waals surface area (Å²) in [7, 11) is 0. The predicted octanol–water partition coefficient (Wildman–Crippen LogP) is 1.70. The van der Waals surface area contributed by atoms with E-state index in [0.29, 0.717) is 0 Å². The van der Waals surface area contributed by atoms with Gasteiger partial charge in [-0.15, -0.1) is 0 Å². The lowest BCUT2D eigenvalue weighted by molar-refractivity contribution is -0.117. The van der Waals surface area contributed by atoms with Crippen LogP contribution < -0.4 is 10.9 Å². The van der Waals surface area contributed by atoms with Gasteiger partial charge in [-0.25, -0.2) is 9.67 Å². The van der Waals surface area contributed by atoms with Gasteiger partial charge >= 0.3 is 0 Å². The topological polar surface area (TPSA) is 92.7 Å². The summed E-state index contributed by atoms with van der Waals surface area (Å²) < 4.78 is 1.43. The minimum atomic E-state index is -0.431. The normalized spacial score (nSPS) is 11.9. The van der Waals surface area contributed by atoms with Gasteiger partial charge in [-0.05, 0) is 18.6 Å². The Balaban J connectivity index is 1.78. The smallest absolute Gasteiger partial charge is 0.276 e. The van der Waals surface area contributed by atoms with Crippen LogP contribution in [0.5, 0.6) is 0 Å². The Kier molecular flexibility index (Phi) is 4.01. The molecule has 2 aromatic heterocycles. The van der Waals surface area contributed by atoms with Gasteiger partial charge < -0.3 is 5.32 Å². The highest BCUT2D eigenvalue weighted by Crippen LogP contribution is 2.16. The van der Waals surface area contributed by atoms with Crippen LogP contribution in [0.4, 0.5) is 5.69 Å². The summed E-state index contributed by atoms with van der Waals surface area (Å²) in [4.78, 5) is 31.0. The Bertz CT molecular complexity index is 856. The molecule has 1 amide bonds. The van der Waals surface area contributed by atoms with Crippen LogP contribution in [0.1, 0.15) is 18.4 Å². The molecule has 3 rings (SSSR count). The first-order chi connectivity index (χ1) is 11.1. The number of aromatic amines is 1. The summed E-state index contributed by atoms with van der Waals surface area (Å²) in [6.07, 6.45) is 4.57. The van der Waals surface area contributed by atoms with Gasteiger partial charge in [0.1, 0.15) is 5.69 Å². The first kappa shape index (κ1) is 14.7. The number of anilines is 1. The molecular weight excluding hydrogens is 294 g/mol. The molecule has 2 heterocycles. The molecule has 0 aliphatic carbocycles. The molecule has 7 nitrogen and oxygen atoms in total. The number of hydrogen-bond donors (Lipinski definition) is 2. The van der Waals surface area contributed by atoms with Gasteiger partial charge in [-0.3, -0.25) is 14.6 Å². The van der Waals surface area contributed by atoms with Crippen molar-refractivity contribution in [2.75, 3.05) is 5.32 Å². The predicted molar refractivity (Wildman–Crippen MR) is 85.5 cm³/mol. The maximum absolute atomic E-state index is 12.3. The van der Waals surface area contributed by atoms with Crippen molar-refractivity contribution in [2.45, 2.75) is 12.8 Å². The van der Waals surface area contributed by atoms with E-state index in [4.69, 9.17) is 0 Å². The molecule has 0 bridgehead atoms. The number of carbonyl (C=O) groups excluding carboxylic acids is 1. The molecule has 0 aliphatic rings. The molecule has 23 heavy (non-hydrogen) atoms. The van der Waals surface area contributed by atoms with Gasteiger partial charge in [0.25, 0.3) is 5.56 Å². The zero-order valence-corrected chi connectivity index (χ0v) is 12.4. The average molecular weight is 309 g/mol. The summed E-state index contributed by atoms with van der Waals surface area (Å²) >= 11 is 0. The van der Waals surface area contributed by atoms with Crippen LogP contribution >= 0.6 is 0 Å². The monoisotopic (exact) mass is 309 g/mol. The summed E-state index contributed by atoms with van der Waals surface area (Å²) in [5.41, 5.74) is 0.551. The molecule has 0 spiro atoms. The van der Waals surface area contributed by atoms with Gasteiger partial charge in [0.05, 0.1) is 12.1 Å². The standard InChI is InChI=1S/C16H15N5O2/c1-11(12-6-3-2-4-7-12)14(22)19-13-10-17-16(20-15(13)23)21-9-5-8-18-21/h2-11H,1H3,(H,19,22)(H,17,20,23). The number of rotatable bonds is 4. The lowest BCUT2D eigenvalue weighted by Gasteiger charge is -2.12. The maximum Gasteiger partial charge on any atom is 0.276 e. The van der Waals surface area contributed by atoms with Crippen molar-refractivity contribution < 1.29 is 4.79 Å². The number of amides is 1. The summed E-state index contributed by atoms with van der Waals surface area (Å²) in [6, 6.07) is 11.1. The van der Waals surface area contributed by atoms with Crippen LogP contribution in [0.25, 0.3) is 5.95 Å². The van der Waals surface area contributed by atoms with Gasteiger partial charge in [0.15, 0.2) is 0 Å². The highest BCUT2D eigenvalue weighted by molar-refractivity contribution is 5.95. The lowest BCUT2D eigenvalue weighted by Crippen LogP contribution is -2.25. The molecule has 0 fully saturated rings. The van der Waals surface area contributed by atoms with Crippen LogP contribution in [-0.4, -0.2) is 25.7 Å². The van der Waals surface area contributed by atoms with Gasteiger partial charge in [-0.2, -0.15) is 5.10 Å². The maximum atomic E-state index is 12.3. The molecule has 0 radical (unpaired) electrons. The van der Waals surface area contributed by atoms with E-state index >= 15 is 0 Å². The second-order valence-electron chi connectivity index (χ2n) is 5.02. The van der Waals surface area contributed by atoms with Crippen LogP contribution in [0, 0.1) is 0 Å². The third-order valence-electron chi connectivity index (χ3n) is 3.46. The molecule has 116 valence electrons. The summed E-state index contributed by atoms with van der Waals surface area (Å²) in [5, 5.41) is 6.59. The van der Waals surface area contributed by atoms with Crippen molar-refractivity contribution in [2.24, 2.45) is 0 Å². The Hall–Kier alpha value is -3.22. The fraction of sp³-hybridized carbons (Fsp3) is 0.125. The zero-order valence-electron chi connectivity index (χ0n) is 12.4. The van der Waals surface area contributed by atoms with Crippen molar-refractivity contribution in [3.8, 4) is 5.95 Å². The first-order valence-corrected chi connectivity index (χ1v) is 7.10. The van der Waals surface area contributed by atoms with E-state index in [1.165, 1.54) is 10.9 Å². The molecule has 1 atom stereocenters. The Labute approximate surface area is 132 Å². The van der Waals surface area contributed by atoms with Crippen molar-refractivity contribution in [3.05, 3.63) is 70.9 Å². The van der Waals surface area contributed by atoms with E-state index in [2.05, 4.69) is 20.4 Å². The number of aromatic nitrogens is 4. The van der Waals surface area contributed by atoms with Crippen molar-refractivity contribution in [1.82, 2.24) is 19.7 Å². The van der Waals surface area contributed by atoms with Crippen molar-refractivity contribution in [1.29, 1.82) is 0 Å². The summed E-state index contributed by atoms with van der Waals surface area (Å²) in [6.45, 7) is 1.78. The number of hydrogen-bond acceptors (Lipinski definition) is 4. The van der Waals surface area contributed by atoms with Crippen LogP contribution in [-0.2, 0) is 4.79 Å². The molecule has 1 aromatic carbocycles. The molecule has 0 saturated heterocycles. The van der Waals surface area contributed by atoms with Crippen molar-refractivity contribution >= 4 is 11.6 Å². The fourth-order valence-electron chi connectivity index (χ4n) is 2.12. The summed E-state index contributed by atoms with van der Waals surface area (Å²) in [5.74, 6) is -0.356. The minimum Gasteiger partial charge on any atom is -0.320 e. The van der Waals surface area contributed by atoms with E-state index in [1.54, 1.807) is 25.4 Å². The zero-order chi connectivity index (χ0) is 16.2. The van der Waals surface area contributed by atoms with Gasteiger partial charge in [0.2, 0.25) is 11.9 Å². The Morgan fingerprint density at radius 2 is 2.04 bits per heavy atom. The fourth-order valence-corrected chi connectivity index (χ4v) is 2.12. The largest absolute Gasteiger partial charge is 0.320 e. The Morgan fingerprint density at radius 1 is 1.26 bits per heavy atom. The second kappa shape index (κ2) is 6.27. The van der Waals surface area contributed by atoms with Crippen LogP contribution in [0.2, 0.25) is 0 Å². The van der Waals surface area contributed by atoms with E-state index < -0.39 is 5.56 Å². The van der Waals surface area contributed by atoms with Crippen LogP contribution in [0.3, 0.4) is 0 Å². The third kappa shape index (κ3) is 3.18. The molecule has 7 heteroatoms. The lowest BCUT2D eigenvalue weighted by atomic mass is 10.0. The Morgan fingerprint density at radius 3 is 2.70 bits per heavy atom. The molecular formula is C16H15N5O2. The number of nitrogens with one attached hydrogen (secondary N) is 2. The number of benzene rings is 1. The van der Waals surface area contributed by atoms with E-state index in [1.807, 2.05) is 30.3 Å². The first-order valence-electron chi connectivity index (χ1n) is 7.10. The molecule has 1 unspecified atom stereocenters. The molecule has 0 aliphatic heterocycles. The van der Waals surface area contributed by atoms with E-state index in [-0.39, 0.29) is 23.5 Å². The van der Waals surface area contributed by atoms with Gasteiger partial charge in [0, 0.05) is 12.4 Å². The number of nitrogens with zero attached hydrogens (tertiary/aromatic N) is 3. The van der Waals surface area contributed by atoms with Gasteiger partial charge in [-0.1, -0.05) is 30.3 Å². The molecule has 2 N–H and O–H groups in total. The number of H-pyrrole nitrogens is 1. The average Bonchev–Trinajstić information content (AvgIpc) is 3.11. The van der Waals surface area contributed by atoms with Crippen molar-refractivity contribution in [3.63, 3.8) is 0 Å². The quantitative estimate of drug-likeness (QED) is 0.767. The third-order valence-corrected chi connectivity index (χ3v) is 3.46. The second-order valence-corrected chi connectivity index (χ2v) is 5.02. The highest BCUT2D eigenvalue weighted by atomic mass is 16.2. The van der Waals surface area contributed by atoms with Crippen LogP contribution in [0.15, 0.2) is 59.8 Å². The molecule has 3 aromatic rings. The minimum absolute atomic E-state index is 0.105. The van der Waals surface area contributed by atoms with E-state index in [0.717, 1.165) is 5.56 Å². The number of carbonyl (C=O) groups is 1.